The number of rotatable bonds is 4. The summed E-state index contributed by atoms with van der Waals surface area (Å²) in [6, 6.07) is 7.52. The van der Waals surface area contributed by atoms with Crippen LogP contribution >= 0.6 is 0 Å². The summed E-state index contributed by atoms with van der Waals surface area (Å²) in [7, 11) is 5.69. The highest BCUT2D eigenvalue weighted by molar-refractivity contribution is 5.94. The molecule has 0 fully saturated rings. The summed E-state index contributed by atoms with van der Waals surface area (Å²) < 4.78 is 7.39. The second-order valence-electron chi connectivity index (χ2n) is 6.13. The Labute approximate surface area is 136 Å². The number of fused-ring (bicyclic) bond motifs is 1. The van der Waals surface area contributed by atoms with Crippen molar-refractivity contribution in [3.05, 3.63) is 48.0 Å². The van der Waals surface area contributed by atoms with Crippen LogP contribution in [-0.4, -0.2) is 59.6 Å². The zero-order valence-corrected chi connectivity index (χ0v) is 13.8. The van der Waals surface area contributed by atoms with E-state index in [-0.39, 0.29) is 11.9 Å². The number of carbonyl (C=O) groups excluding carboxylic acids is 1. The van der Waals surface area contributed by atoms with Crippen molar-refractivity contribution in [2.24, 2.45) is 0 Å². The smallest absolute Gasteiger partial charge is 0.254 e. The van der Waals surface area contributed by atoms with E-state index in [1.54, 1.807) is 13.2 Å². The van der Waals surface area contributed by atoms with Crippen molar-refractivity contribution in [2.75, 3.05) is 34.3 Å². The van der Waals surface area contributed by atoms with Gasteiger partial charge in [-0.15, -0.1) is 0 Å². The Morgan fingerprint density at radius 3 is 3.00 bits per heavy atom. The third-order valence-electron chi connectivity index (χ3n) is 4.10. The van der Waals surface area contributed by atoms with Crippen molar-refractivity contribution >= 4 is 5.91 Å². The number of likely N-dealkylation sites (N-methyl/N-ethyl adjacent to an activating group) is 1. The largest absolute Gasteiger partial charge is 0.497 e. The number of hydrogen-bond acceptors (Lipinski definition) is 4. The Hall–Kier alpha value is -2.34. The fourth-order valence-electron chi connectivity index (χ4n) is 3.05. The molecule has 1 amide bonds. The van der Waals surface area contributed by atoms with Gasteiger partial charge in [0.25, 0.3) is 5.91 Å². The maximum atomic E-state index is 12.9. The van der Waals surface area contributed by atoms with Crippen molar-refractivity contribution in [3.63, 3.8) is 0 Å². The lowest BCUT2D eigenvalue weighted by atomic mass is 10.1. The highest BCUT2D eigenvalue weighted by Crippen LogP contribution is 2.24. The second-order valence-corrected chi connectivity index (χ2v) is 6.13. The molecule has 0 N–H and O–H groups in total. The van der Waals surface area contributed by atoms with Crippen LogP contribution in [0.1, 0.15) is 22.1 Å². The molecule has 2 heterocycles. The summed E-state index contributed by atoms with van der Waals surface area (Å²) in [5.41, 5.74) is 1.72. The molecule has 2 aromatic rings. The summed E-state index contributed by atoms with van der Waals surface area (Å²) in [6.45, 7) is 2.13. The Morgan fingerprint density at radius 2 is 2.26 bits per heavy atom. The standard InChI is InChI=1S/C17H22N4O2/c1-19(2)9-15-11-20(10-14-8-18-12-21(14)15)17(22)13-5-4-6-16(7-13)23-3/h4-8,12,15H,9-11H2,1-3H3/t15-/m0/s1. The Balaban J connectivity index is 1.84. The lowest BCUT2D eigenvalue weighted by Crippen LogP contribution is -2.43. The molecule has 1 aromatic heterocycles. The summed E-state index contributed by atoms with van der Waals surface area (Å²) in [6.07, 6.45) is 3.70. The molecule has 1 aliphatic heterocycles. The van der Waals surface area contributed by atoms with Gasteiger partial charge >= 0.3 is 0 Å². The van der Waals surface area contributed by atoms with Gasteiger partial charge in [-0.3, -0.25) is 4.79 Å². The Morgan fingerprint density at radius 1 is 1.43 bits per heavy atom. The molecule has 1 aromatic carbocycles. The minimum absolute atomic E-state index is 0.0279. The number of aromatic nitrogens is 2. The molecule has 0 aliphatic carbocycles. The highest BCUT2D eigenvalue weighted by atomic mass is 16.5. The van der Waals surface area contributed by atoms with Gasteiger partial charge in [0.1, 0.15) is 5.75 Å². The van der Waals surface area contributed by atoms with Gasteiger partial charge in [0.15, 0.2) is 0 Å². The number of carbonyl (C=O) groups is 1. The minimum Gasteiger partial charge on any atom is -0.497 e. The SMILES string of the molecule is COc1cccc(C(=O)N2Cc3cncn3[C@@H](CN(C)C)C2)c1. The third-order valence-corrected chi connectivity index (χ3v) is 4.10. The number of ether oxygens (including phenoxy) is 1. The second kappa shape index (κ2) is 6.42. The van der Waals surface area contributed by atoms with E-state index < -0.39 is 0 Å². The van der Waals surface area contributed by atoms with E-state index in [2.05, 4.69) is 14.5 Å². The van der Waals surface area contributed by atoms with Crippen LogP contribution < -0.4 is 4.74 Å². The molecule has 1 atom stereocenters. The van der Waals surface area contributed by atoms with Crippen LogP contribution in [0.15, 0.2) is 36.8 Å². The monoisotopic (exact) mass is 314 g/mol. The van der Waals surface area contributed by atoms with Gasteiger partial charge in [0.2, 0.25) is 0 Å². The van der Waals surface area contributed by atoms with Crippen molar-refractivity contribution < 1.29 is 9.53 Å². The number of nitrogens with zero attached hydrogens (tertiary/aromatic N) is 4. The molecule has 0 radical (unpaired) electrons. The van der Waals surface area contributed by atoms with Gasteiger partial charge in [-0.1, -0.05) is 6.07 Å². The van der Waals surface area contributed by atoms with Crippen molar-refractivity contribution in [1.29, 1.82) is 0 Å². The minimum atomic E-state index is 0.0279. The first kappa shape index (κ1) is 15.6. The molecule has 0 unspecified atom stereocenters. The van der Waals surface area contributed by atoms with Crippen LogP contribution in [0.25, 0.3) is 0 Å². The van der Waals surface area contributed by atoms with E-state index >= 15 is 0 Å². The van der Waals surface area contributed by atoms with Crippen LogP contribution in [0, 0.1) is 0 Å². The molecule has 6 heteroatoms. The fourth-order valence-corrected chi connectivity index (χ4v) is 3.05. The van der Waals surface area contributed by atoms with Gasteiger partial charge in [0, 0.05) is 24.8 Å². The molecule has 0 bridgehead atoms. The zero-order valence-electron chi connectivity index (χ0n) is 13.8. The lowest BCUT2D eigenvalue weighted by molar-refractivity contribution is 0.0663. The number of amides is 1. The van der Waals surface area contributed by atoms with E-state index in [1.807, 2.05) is 49.7 Å². The van der Waals surface area contributed by atoms with Gasteiger partial charge in [-0.05, 0) is 32.3 Å². The van der Waals surface area contributed by atoms with Crippen LogP contribution in [-0.2, 0) is 6.54 Å². The number of hydrogen-bond donors (Lipinski definition) is 0. The topological polar surface area (TPSA) is 50.6 Å². The molecule has 1 aliphatic rings. The number of methoxy groups -OCH3 is 1. The summed E-state index contributed by atoms with van der Waals surface area (Å²) >= 11 is 0. The van der Waals surface area contributed by atoms with Crippen molar-refractivity contribution in [1.82, 2.24) is 19.4 Å². The maximum Gasteiger partial charge on any atom is 0.254 e. The van der Waals surface area contributed by atoms with Crippen molar-refractivity contribution in [3.8, 4) is 5.75 Å². The van der Waals surface area contributed by atoms with Crippen LogP contribution in [0.3, 0.4) is 0 Å². The number of imidazole rings is 1. The molecule has 122 valence electrons. The first-order valence-corrected chi connectivity index (χ1v) is 7.67. The molecule has 0 saturated heterocycles. The zero-order chi connectivity index (χ0) is 16.4. The summed E-state index contributed by atoms with van der Waals surface area (Å²) in [4.78, 5) is 21.1. The van der Waals surface area contributed by atoms with Gasteiger partial charge < -0.3 is 19.1 Å². The van der Waals surface area contributed by atoms with E-state index in [4.69, 9.17) is 4.74 Å². The predicted octanol–water partition coefficient (Wildman–Crippen LogP) is 1.65. The number of benzene rings is 1. The molecule has 23 heavy (non-hydrogen) atoms. The Kier molecular flexibility index (Phi) is 4.34. The Bertz CT molecular complexity index is 695. The van der Waals surface area contributed by atoms with E-state index in [1.165, 1.54) is 0 Å². The van der Waals surface area contributed by atoms with Gasteiger partial charge in [-0.25, -0.2) is 4.98 Å². The van der Waals surface area contributed by atoms with Crippen molar-refractivity contribution in [2.45, 2.75) is 12.6 Å². The summed E-state index contributed by atoms with van der Waals surface area (Å²) in [5.74, 6) is 0.725. The third kappa shape index (κ3) is 3.22. The van der Waals surface area contributed by atoms with Crippen LogP contribution in [0.2, 0.25) is 0 Å². The van der Waals surface area contributed by atoms with Crippen LogP contribution in [0.4, 0.5) is 0 Å². The predicted molar refractivity (Wildman–Crippen MR) is 87.6 cm³/mol. The van der Waals surface area contributed by atoms with E-state index in [0.717, 1.165) is 12.2 Å². The maximum absolute atomic E-state index is 12.9. The fraction of sp³-hybridized carbons (Fsp3) is 0.412. The molecular weight excluding hydrogens is 292 g/mol. The average molecular weight is 314 g/mol. The van der Waals surface area contributed by atoms with E-state index in [9.17, 15) is 4.79 Å². The molecule has 0 spiro atoms. The molecule has 3 rings (SSSR count). The first-order chi connectivity index (χ1) is 11.1. The van der Waals surface area contributed by atoms with Crippen LogP contribution in [0.5, 0.6) is 5.75 Å². The van der Waals surface area contributed by atoms with Gasteiger partial charge in [-0.2, -0.15) is 0 Å². The highest BCUT2D eigenvalue weighted by Gasteiger charge is 2.28. The molecule has 6 nitrogen and oxygen atoms in total. The molecular formula is C17H22N4O2. The van der Waals surface area contributed by atoms with E-state index in [0.29, 0.717) is 24.4 Å². The van der Waals surface area contributed by atoms with Gasteiger partial charge in [0.05, 0.1) is 31.7 Å². The molecule has 0 saturated carbocycles. The normalized spacial score (nSPS) is 17.2. The lowest BCUT2D eigenvalue weighted by Gasteiger charge is -2.35. The first-order valence-electron chi connectivity index (χ1n) is 7.67. The average Bonchev–Trinajstić information content (AvgIpc) is 3.02. The quantitative estimate of drug-likeness (QED) is 0.861. The summed E-state index contributed by atoms with van der Waals surface area (Å²) in [5, 5.41) is 0.